The Morgan fingerprint density at radius 2 is 1.72 bits per heavy atom. The first-order valence-electron chi connectivity index (χ1n) is 12.2. The first kappa shape index (κ1) is 23.7. The molecule has 186 valence electrons. The topological polar surface area (TPSA) is 109 Å². The van der Waals surface area contributed by atoms with Crippen LogP contribution in [0.1, 0.15) is 43.6 Å². The zero-order chi connectivity index (χ0) is 25.2. The minimum absolute atomic E-state index is 0.00409. The average molecular weight is 488 g/mol. The molecule has 1 N–H and O–H groups in total. The lowest BCUT2D eigenvalue weighted by Crippen LogP contribution is -2.42. The maximum absolute atomic E-state index is 13.2. The summed E-state index contributed by atoms with van der Waals surface area (Å²) in [6, 6.07) is 15.1. The lowest BCUT2D eigenvalue weighted by Gasteiger charge is -2.32. The molecule has 0 radical (unpaired) electrons. The Hall–Kier alpha value is -4.01. The molecule has 3 heterocycles. The van der Waals surface area contributed by atoms with Gasteiger partial charge in [0.05, 0.1) is 5.92 Å². The zero-order valence-corrected chi connectivity index (χ0v) is 20.4. The molecule has 0 bridgehead atoms. The van der Waals surface area contributed by atoms with Crippen LogP contribution in [-0.4, -0.2) is 52.4 Å². The largest absolute Gasteiger partial charge is 0.342 e. The van der Waals surface area contributed by atoms with Crippen LogP contribution in [0.25, 0.3) is 11.4 Å². The molecule has 2 aliphatic heterocycles. The molecule has 36 heavy (non-hydrogen) atoms. The number of piperidine rings is 1. The molecular weight excluding hydrogens is 458 g/mol. The number of aromatic nitrogens is 2. The lowest BCUT2D eigenvalue weighted by molar-refractivity contribution is -0.136. The molecule has 9 heteroatoms. The van der Waals surface area contributed by atoms with Gasteiger partial charge in [0, 0.05) is 55.8 Å². The molecule has 0 spiro atoms. The maximum atomic E-state index is 13.2. The van der Waals surface area contributed by atoms with Crippen LogP contribution < -0.4 is 10.2 Å². The van der Waals surface area contributed by atoms with Gasteiger partial charge in [-0.15, -0.1) is 0 Å². The quantitative estimate of drug-likeness (QED) is 0.587. The highest BCUT2D eigenvalue weighted by atomic mass is 16.5. The molecule has 9 nitrogen and oxygen atoms in total. The number of carbonyl (C=O) groups excluding carboxylic acids is 3. The number of rotatable bonds is 5. The van der Waals surface area contributed by atoms with E-state index in [1.165, 1.54) is 6.92 Å². The minimum atomic E-state index is -0.314. The van der Waals surface area contributed by atoms with Gasteiger partial charge in [-0.1, -0.05) is 22.9 Å². The third-order valence-electron chi connectivity index (χ3n) is 6.88. The molecular formula is C27H29N5O4. The van der Waals surface area contributed by atoms with Gasteiger partial charge in [-0.3, -0.25) is 14.4 Å². The summed E-state index contributed by atoms with van der Waals surface area (Å²) < 4.78 is 5.55. The Balaban J connectivity index is 1.16. The van der Waals surface area contributed by atoms with E-state index in [0.717, 1.165) is 29.7 Å². The van der Waals surface area contributed by atoms with Crippen molar-refractivity contribution >= 4 is 29.1 Å². The first-order valence-corrected chi connectivity index (χ1v) is 12.2. The van der Waals surface area contributed by atoms with Crippen molar-refractivity contribution in [2.75, 3.05) is 29.9 Å². The summed E-state index contributed by atoms with van der Waals surface area (Å²) in [5.41, 5.74) is 3.49. The van der Waals surface area contributed by atoms with E-state index < -0.39 is 0 Å². The number of benzene rings is 2. The van der Waals surface area contributed by atoms with Crippen molar-refractivity contribution in [1.29, 1.82) is 0 Å². The van der Waals surface area contributed by atoms with Crippen LogP contribution >= 0.6 is 0 Å². The predicted octanol–water partition coefficient (Wildman–Crippen LogP) is 3.76. The van der Waals surface area contributed by atoms with E-state index in [-0.39, 0.29) is 36.0 Å². The summed E-state index contributed by atoms with van der Waals surface area (Å²) in [6.45, 7) is 5.09. The van der Waals surface area contributed by atoms with Crippen LogP contribution in [0.15, 0.2) is 53.1 Å². The van der Waals surface area contributed by atoms with E-state index >= 15 is 0 Å². The highest BCUT2D eigenvalue weighted by Gasteiger charge is 2.38. The normalized spacial score (nSPS) is 18.5. The van der Waals surface area contributed by atoms with Crippen molar-refractivity contribution in [3.8, 4) is 11.4 Å². The number of aryl methyl sites for hydroxylation is 1. The maximum Gasteiger partial charge on any atom is 0.230 e. The number of anilines is 2. The Bertz CT molecular complexity index is 1260. The third-order valence-corrected chi connectivity index (χ3v) is 6.88. The molecule has 0 unspecified atom stereocenters. The fourth-order valence-electron chi connectivity index (χ4n) is 4.88. The van der Waals surface area contributed by atoms with Gasteiger partial charge in [0.15, 0.2) is 0 Å². The van der Waals surface area contributed by atoms with Gasteiger partial charge >= 0.3 is 0 Å². The predicted molar refractivity (Wildman–Crippen MR) is 134 cm³/mol. The highest BCUT2D eigenvalue weighted by molar-refractivity contribution is 6.00. The second-order valence-corrected chi connectivity index (χ2v) is 9.56. The Kier molecular flexibility index (Phi) is 6.54. The summed E-state index contributed by atoms with van der Waals surface area (Å²) >= 11 is 0. The summed E-state index contributed by atoms with van der Waals surface area (Å²) in [5, 5.41) is 6.86. The number of nitrogens with one attached hydrogen (secondary N) is 1. The van der Waals surface area contributed by atoms with Crippen molar-refractivity contribution in [3.05, 3.63) is 60.0 Å². The number of amides is 3. The Morgan fingerprint density at radius 1 is 1.03 bits per heavy atom. The van der Waals surface area contributed by atoms with Gasteiger partial charge in [-0.2, -0.15) is 4.98 Å². The van der Waals surface area contributed by atoms with Gasteiger partial charge < -0.3 is 19.6 Å². The lowest BCUT2D eigenvalue weighted by atomic mass is 9.95. The van der Waals surface area contributed by atoms with E-state index in [9.17, 15) is 14.4 Å². The third kappa shape index (κ3) is 5.00. The van der Waals surface area contributed by atoms with Crippen LogP contribution in [-0.2, 0) is 14.4 Å². The standard InChI is InChI=1S/C27H29N5O4/c1-17-3-9-23(10-4-17)32-16-21(15-24(32)34)27(35)31-13-11-20(12-14-31)26-29-25(30-36-26)19-5-7-22(8-6-19)28-18(2)33/h3-10,20-21H,11-16H2,1-2H3,(H,28,33)/t21-/m0/s1. The van der Waals surface area contributed by atoms with Gasteiger partial charge in [0.25, 0.3) is 0 Å². The van der Waals surface area contributed by atoms with Crippen molar-refractivity contribution in [3.63, 3.8) is 0 Å². The SMILES string of the molecule is CC(=O)Nc1ccc(-c2noc(C3CCN(C(=O)[C@H]4CC(=O)N(c5ccc(C)cc5)C4)CC3)n2)cc1. The number of hydrogen-bond acceptors (Lipinski definition) is 6. The molecule has 3 amide bonds. The molecule has 2 saturated heterocycles. The van der Waals surface area contributed by atoms with Crippen LogP contribution in [0.4, 0.5) is 11.4 Å². The first-order chi connectivity index (χ1) is 17.4. The Labute approximate surface area is 209 Å². The molecule has 2 aromatic carbocycles. The van der Waals surface area contributed by atoms with E-state index in [1.807, 2.05) is 48.2 Å². The van der Waals surface area contributed by atoms with Gasteiger partial charge in [0.1, 0.15) is 0 Å². The molecule has 0 aliphatic carbocycles. The number of nitrogens with zero attached hydrogens (tertiary/aromatic N) is 4. The van der Waals surface area contributed by atoms with Gasteiger partial charge in [-0.25, -0.2) is 0 Å². The summed E-state index contributed by atoms with van der Waals surface area (Å²) in [7, 11) is 0. The molecule has 1 atom stereocenters. The Morgan fingerprint density at radius 3 is 2.39 bits per heavy atom. The van der Waals surface area contributed by atoms with Gasteiger partial charge in [-0.05, 0) is 56.2 Å². The summed E-state index contributed by atoms with van der Waals surface area (Å²) in [4.78, 5) is 45.1. The molecule has 5 rings (SSSR count). The van der Waals surface area contributed by atoms with Crippen LogP contribution in [0.2, 0.25) is 0 Å². The van der Waals surface area contributed by atoms with E-state index in [2.05, 4.69) is 15.5 Å². The summed E-state index contributed by atoms with van der Waals surface area (Å²) in [6.07, 6.45) is 1.72. The monoisotopic (exact) mass is 487 g/mol. The number of carbonyl (C=O) groups is 3. The van der Waals surface area contributed by atoms with Crippen molar-refractivity contribution in [2.45, 2.75) is 39.0 Å². The van der Waals surface area contributed by atoms with Crippen LogP contribution in [0.5, 0.6) is 0 Å². The second-order valence-electron chi connectivity index (χ2n) is 9.56. The number of hydrogen-bond donors (Lipinski definition) is 1. The molecule has 3 aromatic rings. The van der Waals surface area contributed by atoms with Crippen molar-refractivity contribution < 1.29 is 18.9 Å². The van der Waals surface area contributed by atoms with Crippen LogP contribution in [0.3, 0.4) is 0 Å². The average Bonchev–Trinajstić information content (AvgIpc) is 3.52. The van der Waals surface area contributed by atoms with E-state index in [1.54, 1.807) is 17.0 Å². The number of likely N-dealkylation sites (tertiary alicyclic amines) is 1. The molecule has 1 aromatic heterocycles. The highest BCUT2D eigenvalue weighted by Crippen LogP contribution is 2.31. The zero-order valence-electron chi connectivity index (χ0n) is 20.4. The van der Waals surface area contributed by atoms with E-state index in [0.29, 0.717) is 37.0 Å². The fourth-order valence-corrected chi connectivity index (χ4v) is 4.88. The summed E-state index contributed by atoms with van der Waals surface area (Å²) in [5.74, 6) is 0.757. The molecule has 2 fully saturated rings. The van der Waals surface area contributed by atoms with Crippen molar-refractivity contribution in [2.24, 2.45) is 5.92 Å². The second kappa shape index (κ2) is 9.93. The minimum Gasteiger partial charge on any atom is -0.342 e. The molecule has 0 saturated carbocycles. The van der Waals surface area contributed by atoms with Crippen LogP contribution in [0, 0.1) is 12.8 Å². The fraction of sp³-hybridized carbons (Fsp3) is 0.370. The molecule has 2 aliphatic rings. The van der Waals surface area contributed by atoms with E-state index in [4.69, 9.17) is 4.52 Å². The smallest absolute Gasteiger partial charge is 0.230 e. The van der Waals surface area contributed by atoms with Crippen molar-refractivity contribution in [1.82, 2.24) is 15.0 Å². The van der Waals surface area contributed by atoms with Gasteiger partial charge in [0.2, 0.25) is 29.4 Å².